The van der Waals surface area contributed by atoms with Gasteiger partial charge in [-0.3, -0.25) is 14.4 Å². The molecule has 0 saturated heterocycles. The molecule has 0 bridgehead atoms. The zero-order valence-corrected chi connectivity index (χ0v) is 20.4. The summed E-state index contributed by atoms with van der Waals surface area (Å²) >= 11 is 0. The Labute approximate surface area is 204 Å². The molecular formula is C27H31N5O3. The number of nitrogens with one attached hydrogen (secondary N) is 2. The van der Waals surface area contributed by atoms with Gasteiger partial charge in [0.2, 0.25) is 5.91 Å². The minimum absolute atomic E-state index is 0.0884. The first-order valence-corrected chi connectivity index (χ1v) is 12.1. The van der Waals surface area contributed by atoms with Gasteiger partial charge in [-0.1, -0.05) is 18.2 Å². The highest BCUT2D eigenvalue weighted by Gasteiger charge is 2.30. The number of aryl methyl sites for hydroxylation is 3. The molecule has 1 unspecified atom stereocenters. The van der Waals surface area contributed by atoms with E-state index in [0.717, 1.165) is 52.7 Å². The Morgan fingerprint density at radius 2 is 1.80 bits per heavy atom. The smallest absolute Gasteiger partial charge is 0.313 e. The van der Waals surface area contributed by atoms with Crippen LogP contribution in [0.15, 0.2) is 42.6 Å². The van der Waals surface area contributed by atoms with Gasteiger partial charge in [0.05, 0.1) is 11.7 Å². The van der Waals surface area contributed by atoms with Crippen molar-refractivity contribution in [3.8, 4) is 0 Å². The maximum atomic E-state index is 12.7. The molecule has 1 atom stereocenters. The first kappa shape index (κ1) is 23.1. The summed E-state index contributed by atoms with van der Waals surface area (Å²) in [6, 6.07) is 11.9. The molecule has 3 heterocycles. The van der Waals surface area contributed by atoms with Gasteiger partial charge in [0.1, 0.15) is 0 Å². The van der Waals surface area contributed by atoms with Gasteiger partial charge in [-0.05, 0) is 68.2 Å². The minimum Gasteiger partial charge on any atom is -0.350 e. The molecule has 2 N–H and O–H groups in total. The monoisotopic (exact) mass is 473 g/mol. The van der Waals surface area contributed by atoms with Crippen molar-refractivity contribution in [1.29, 1.82) is 0 Å². The summed E-state index contributed by atoms with van der Waals surface area (Å²) in [5, 5.41) is 6.72. The number of amides is 3. The number of nitrogens with zero attached hydrogens (tertiary/aromatic N) is 3. The Bertz CT molecular complexity index is 1310. The summed E-state index contributed by atoms with van der Waals surface area (Å²) < 4.78 is 2.08. The van der Waals surface area contributed by atoms with Crippen molar-refractivity contribution in [3.05, 3.63) is 59.3 Å². The molecule has 1 aromatic heterocycles. The van der Waals surface area contributed by atoms with Crippen molar-refractivity contribution in [1.82, 2.24) is 14.8 Å². The van der Waals surface area contributed by atoms with Gasteiger partial charge in [-0.2, -0.15) is 0 Å². The molecule has 2 aromatic carbocycles. The van der Waals surface area contributed by atoms with E-state index in [0.29, 0.717) is 25.1 Å². The molecule has 0 aliphatic carbocycles. The van der Waals surface area contributed by atoms with Crippen LogP contribution in [0.1, 0.15) is 35.6 Å². The average molecular weight is 474 g/mol. The highest BCUT2D eigenvalue weighted by Crippen LogP contribution is 2.38. The molecule has 5 rings (SSSR count). The van der Waals surface area contributed by atoms with Crippen molar-refractivity contribution in [2.45, 2.75) is 31.7 Å². The molecule has 8 heteroatoms. The third-order valence-electron chi connectivity index (χ3n) is 7.10. The average Bonchev–Trinajstić information content (AvgIpc) is 3.17. The second-order valence-electron chi connectivity index (χ2n) is 9.65. The van der Waals surface area contributed by atoms with E-state index in [-0.39, 0.29) is 11.9 Å². The van der Waals surface area contributed by atoms with Crippen LogP contribution in [0.5, 0.6) is 0 Å². The Morgan fingerprint density at radius 3 is 2.57 bits per heavy atom. The van der Waals surface area contributed by atoms with Crippen LogP contribution in [0.4, 0.5) is 11.4 Å². The number of rotatable bonds is 5. The molecule has 3 amide bonds. The Balaban J connectivity index is 1.29. The summed E-state index contributed by atoms with van der Waals surface area (Å²) in [5.74, 6) is -1.19. The van der Waals surface area contributed by atoms with E-state index < -0.39 is 11.8 Å². The Kier molecular flexibility index (Phi) is 6.06. The number of likely N-dealkylation sites (N-methyl/N-ethyl adjacent to an activating group) is 1. The van der Waals surface area contributed by atoms with Crippen LogP contribution < -0.4 is 15.5 Å². The maximum absolute atomic E-state index is 12.7. The van der Waals surface area contributed by atoms with E-state index in [4.69, 9.17) is 0 Å². The number of para-hydroxylation sites is 1. The van der Waals surface area contributed by atoms with E-state index in [9.17, 15) is 14.4 Å². The van der Waals surface area contributed by atoms with Gasteiger partial charge in [0, 0.05) is 49.3 Å². The van der Waals surface area contributed by atoms with Crippen LogP contribution >= 0.6 is 0 Å². The standard InChI is InChI=1S/C27H31N5O3/c1-30(2)23(21-16-31(3)22-9-5-4-8-20(21)22)15-28-26(34)27(35)29-19-13-17-7-6-12-32-24(33)11-10-18(14-19)25(17)32/h4-5,8-9,13-14,16,23H,6-7,10-12,15H2,1-3H3,(H,28,34)(H,29,35). The molecule has 0 fully saturated rings. The molecule has 0 saturated carbocycles. The lowest BCUT2D eigenvalue weighted by molar-refractivity contribution is -0.136. The number of fused-ring (bicyclic) bond motifs is 1. The summed E-state index contributed by atoms with van der Waals surface area (Å²) in [4.78, 5) is 41.6. The lowest BCUT2D eigenvalue weighted by atomic mass is 9.91. The molecule has 2 aliphatic rings. The molecule has 0 spiro atoms. The fourth-order valence-corrected chi connectivity index (χ4v) is 5.39. The normalized spacial score (nSPS) is 15.8. The Morgan fingerprint density at radius 1 is 1.06 bits per heavy atom. The molecule has 182 valence electrons. The molecule has 0 radical (unpaired) electrons. The third kappa shape index (κ3) is 4.30. The fraction of sp³-hybridized carbons (Fsp3) is 0.370. The summed E-state index contributed by atoms with van der Waals surface area (Å²) in [6.07, 6.45) is 4.97. The van der Waals surface area contributed by atoms with Crippen LogP contribution in [0.2, 0.25) is 0 Å². The zero-order valence-electron chi connectivity index (χ0n) is 20.4. The van der Waals surface area contributed by atoms with E-state index in [2.05, 4.69) is 33.5 Å². The highest BCUT2D eigenvalue weighted by atomic mass is 16.2. The predicted molar refractivity (Wildman–Crippen MR) is 136 cm³/mol. The largest absolute Gasteiger partial charge is 0.350 e. The van der Waals surface area contributed by atoms with Crippen LogP contribution in [-0.2, 0) is 34.3 Å². The maximum Gasteiger partial charge on any atom is 0.313 e. The summed E-state index contributed by atoms with van der Waals surface area (Å²) in [5.41, 5.74) is 5.94. The number of benzene rings is 2. The minimum atomic E-state index is -0.688. The van der Waals surface area contributed by atoms with Gasteiger partial charge in [0.25, 0.3) is 0 Å². The second-order valence-corrected chi connectivity index (χ2v) is 9.65. The third-order valence-corrected chi connectivity index (χ3v) is 7.10. The lowest BCUT2D eigenvalue weighted by Gasteiger charge is -2.35. The SMILES string of the molecule is CN(C)C(CNC(=O)C(=O)Nc1cc2c3c(c1)CCC(=O)N3CCC2)c1cn(C)c2ccccc12. The van der Waals surface area contributed by atoms with Gasteiger partial charge in [-0.25, -0.2) is 0 Å². The Hall–Kier alpha value is -3.65. The molecule has 2 aliphatic heterocycles. The van der Waals surface area contributed by atoms with E-state index in [1.54, 1.807) is 0 Å². The van der Waals surface area contributed by atoms with Crippen molar-refractivity contribution in [2.75, 3.05) is 37.4 Å². The zero-order chi connectivity index (χ0) is 24.7. The van der Waals surface area contributed by atoms with Crippen molar-refractivity contribution in [2.24, 2.45) is 7.05 Å². The highest BCUT2D eigenvalue weighted by molar-refractivity contribution is 6.39. The molecule has 35 heavy (non-hydrogen) atoms. The van der Waals surface area contributed by atoms with Crippen LogP contribution in [0.3, 0.4) is 0 Å². The van der Waals surface area contributed by atoms with E-state index in [1.807, 2.05) is 55.2 Å². The van der Waals surface area contributed by atoms with Gasteiger partial charge in [0.15, 0.2) is 0 Å². The molecular weight excluding hydrogens is 442 g/mol. The first-order valence-electron chi connectivity index (χ1n) is 12.1. The van der Waals surface area contributed by atoms with Gasteiger partial charge >= 0.3 is 11.8 Å². The van der Waals surface area contributed by atoms with Gasteiger partial charge < -0.3 is 25.0 Å². The number of hydrogen-bond donors (Lipinski definition) is 2. The number of anilines is 2. The topological polar surface area (TPSA) is 86.7 Å². The molecule has 8 nitrogen and oxygen atoms in total. The number of hydrogen-bond acceptors (Lipinski definition) is 4. The fourth-order valence-electron chi connectivity index (χ4n) is 5.39. The van der Waals surface area contributed by atoms with E-state index in [1.165, 1.54) is 0 Å². The van der Waals surface area contributed by atoms with Crippen molar-refractivity contribution >= 4 is 40.0 Å². The van der Waals surface area contributed by atoms with Crippen LogP contribution in [-0.4, -0.2) is 54.4 Å². The number of carbonyl (C=O) groups is 3. The summed E-state index contributed by atoms with van der Waals surface area (Å²) in [7, 11) is 5.93. The first-order chi connectivity index (χ1) is 16.8. The molecule has 3 aromatic rings. The quantitative estimate of drug-likeness (QED) is 0.558. The van der Waals surface area contributed by atoms with E-state index >= 15 is 0 Å². The van der Waals surface area contributed by atoms with Crippen molar-refractivity contribution in [3.63, 3.8) is 0 Å². The number of carbonyl (C=O) groups excluding carboxylic acids is 3. The predicted octanol–water partition coefficient (Wildman–Crippen LogP) is 2.76. The van der Waals surface area contributed by atoms with Crippen molar-refractivity contribution < 1.29 is 14.4 Å². The number of aromatic nitrogens is 1. The summed E-state index contributed by atoms with van der Waals surface area (Å²) in [6.45, 7) is 1.05. The lowest BCUT2D eigenvalue weighted by Crippen LogP contribution is -2.41. The van der Waals surface area contributed by atoms with Gasteiger partial charge in [-0.15, -0.1) is 0 Å². The van der Waals surface area contributed by atoms with Crippen LogP contribution in [0, 0.1) is 0 Å². The van der Waals surface area contributed by atoms with Crippen LogP contribution in [0.25, 0.3) is 10.9 Å². The second kappa shape index (κ2) is 9.19.